The van der Waals surface area contributed by atoms with Gasteiger partial charge in [0.15, 0.2) is 0 Å². The molecule has 0 amide bonds. The van der Waals surface area contributed by atoms with Gasteiger partial charge in [-0.1, -0.05) is 60.8 Å². The molecule has 2 nitrogen and oxygen atoms in total. The van der Waals surface area contributed by atoms with Crippen LogP contribution in [0.3, 0.4) is 0 Å². The molecule has 0 aliphatic heterocycles. The van der Waals surface area contributed by atoms with Gasteiger partial charge in [0, 0.05) is 11.4 Å². The van der Waals surface area contributed by atoms with Crippen molar-refractivity contribution in [3.8, 4) is 0 Å². The van der Waals surface area contributed by atoms with E-state index in [1.807, 2.05) is 13.8 Å². The van der Waals surface area contributed by atoms with Gasteiger partial charge in [0.1, 0.15) is 0 Å². The standard InChI is InChI=1S/C25H42.C2H6.CH4O.H2O.3H2/c1-5-15(3)23-21-14-22(21)24-20-10-8-17-13-16(6-2)7-9-18(17)19(20)11-12-25(23,24)4;2*1-2;;;;/h15-24H,5-14H2,1-4H3;1-2H3;2H,1H3;1H2;3*1H/t15-,16+,17-,18+,19?,20-,21?,22?,23?,24?,25-;;;;;;/m1....../s1. The predicted molar refractivity (Wildman–Crippen MR) is 136 cm³/mol. The van der Waals surface area contributed by atoms with E-state index in [1.54, 1.807) is 51.4 Å². The molecule has 5 aliphatic rings. The molecule has 0 aromatic heterocycles. The molecule has 184 valence electrons. The van der Waals surface area contributed by atoms with Gasteiger partial charge in [0.25, 0.3) is 0 Å². The second-order valence-electron chi connectivity index (χ2n) is 11.5. The molecule has 3 N–H and O–H groups in total. The van der Waals surface area contributed by atoms with Crippen molar-refractivity contribution in [1.29, 1.82) is 0 Å². The maximum Gasteiger partial charge on any atom is 0.0319 e. The monoisotopic (exact) mass is 428 g/mol. The zero-order valence-corrected chi connectivity index (χ0v) is 21.3. The number of aliphatic hydroxyl groups excluding tert-OH is 1. The van der Waals surface area contributed by atoms with E-state index in [9.17, 15) is 0 Å². The van der Waals surface area contributed by atoms with Crippen LogP contribution in [-0.4, -0.2) is 17.7 Å². The molecule has 0 bridgehead atoms. The van der Waals surface area contributed by atoms with Crippen LogP contribution in [0.2, 0.25) is 0 Å². The van der Waals surface area contributed by atoms with Crippen molar-refractivity contribution < 1.29 is 14.9 Å². The molecule has 11 atom stereocenters. The third kappa shape index (κ3) is 4.14. The predicted octanol–water partition coefficient (Wildman–Crippen LogP) is 7.73. The molecule has 0 spiro atoms. The van der Waals surface area contributed by atoms with Crippen LogP contribution in [-0.2, 0) is 0 Å². The minimum Gasteiger partial charge on any atom is -0.412 e. The van der Waals surface area contributed by atoms with Crippen LogP contribution < -0.4 is 0 Å². The Hall–Kier alpha value is -0.0800. The van der Waals surface area contributed by atoms with E-state index in [2.05, 4.69) is 27.7 Å². The van der Waals surface area contributed by atoms with Crippen molar-refractivity contribution in [2.75, 3.05) is 7.11 Å². The van der Waals surface area contributed by atoms with E-state index in [0.717, 1.165) is 71.7 Å². The number of aliphatic hydroxyl groups is 1. The summed E-state index contributed by atoms with van der Waals surface area (Å²) in [5, 5.41) is 7.00. The molecule has 30 heavy (non-hydrogen) atoms. The zero-order chi connectivity index (χ0) is 21.3. The molecule has 0 heterocycles. The van der Waals surface area contributed by atoms with E-state index in [1.165, 1.54) is 12.8 Å². The summed E-state index contributed by atoms with van der Waals surface area (Å²) in [7, 11) is 1.00. The van der Waals surface area contributed by atoms with E-state index in [-0.39, 0.29) is 9.76 Å². The van der Waals surface area contributed by atoms with E-state index < -0.39 is 0 Å². The summed E-state index contributed by atoms with van der Waals surface area (Å²) in [6.45, 7) is 14.2. The maximum absolute atomic E-state index is 7.00. The first kappa shape index (κ1) is 26.2. The van der Waals surface area contributed by atoms with Crippen LogP contribution in [0.5, 0.6) is 0 Å². The number of hydrogen-bond acceptors (Lipinski definition) is 1. The van der Waals surface area contributed by atoms with Crippen molar-refractivity contribution in [2.24, 2.45) is 64.6 Å². The Balaban J connectivity index is 0. The first-order valence-corrected chi connectivity index (χ1v) is 13.5. The topological polar surface area (TPSA) is 51.7 Å². The van der Waals surface area contributed by atoms with Crippen LogP contribution in [0.15, 0.2) is 0 Å². The van der Waals surface area contributed by atoms with Crippen molar-refractivity contribution in [1.82, 2.24) is 0 Å². The minimum atomic E-state index is 0. The van der Waals surface area contributed by atoms with Gasteiger partial charge in [-0.05, 0) is 110 Å². The van der Waals surface area contributed by atoms with Gasteiger partial charge in [-0.15, -0.1) is 0 Å². The molecule has 0 aromatic rings. The van der Waals surface area contributed by atoms with Gasteiger partial charge in [-0.25, -0.2) is 0 Å². The Morgan fingerprint density at radius 2 is 1.53 bits per heavy atom. The molecule has 0 aromatic carbocycles. The number of fused-ring (bicyclic) bond motifs is 7. The fourth-order valence-electron chi connectivity index (χ4n) is 9.67. The quantitative estimate of drug-likeness (QED) is 0.491. The molecule has 5 rings (SSSR count). The lowest BCUT2D eigenvalue weighted by molar-refractivity contribution is -0.0875. The summed E-state index contributed by atoms with van der Waals surface area (Å²) in [6, 6.07) is 0. The molecule has 0 radical (unpaired) electrons. The average molecular weight is 429 g/mol. The lowest BCUT2D eigenvalue weighted by Gasteiger charge is -2.58. The highest BCUT2D eigenvalue weighted by molar-refractivity contribution is 5.17. The van der Waals surface area contributed by atoms with Crippen molar-refractivity contribution >= 4 is 0 Å². The highest BCUT2D eigenvalue weighted by Gasteiger charge is 2.69. The van der Waals surface area contributed by atoms with Gasteiger partial charge in [0.2, 0.25) is 0 Å². The van der Waals surface area contributed by atoms with Crippen molar-refractivity contribution in [3.05, 3.63) is 0 Å². The summed E-state index contributed by atoms with van der Waals surface area (Å²) >= 11 is 0. The lowest BCUT2D eigenvalue weighted by Crippen LogP contribution is -2.50. The Bertz CT molecular complexity index is 533. The first-order valence-electron chi connectivity index (χ1n) is 13.5. The summed E-state index contributed by atoms with van der Waals surface area (Å²) in [5.41, 5.74) is 0.720. The first-order chi connectivity index (χ1) is 14.1. The third-order valence-corrected chi connectivity index (χ3v) is 10.8. The van der Waals surface area contributed by atoms with Crippen molar-refractivity contribution in [2.45, 2.75) is 106 Å². The van der Waals surface area contributed by atoms with Crippen molar-refractivity contribution in [3.63, 3.8) is 0 Å². The average Bonchev–Trinajstić information content (AvgIpc) is 3.49. The molecular weight excluding hydrogens is 368 g/mol. The molecule has 5 unspecified atom stereocenters. The van der Waals surface area contributed by atoms with Crippen LogP contribution in [0.25, 0.3) is 0 Å². The van der Waals surface area contributed by atoms with Crippen LogP contribution in [0.1, 0.15) is 110 Å². The van der Waals surface area contributed by atoms with Gasteiger partial charge >= 0.3 is 0 Å². The molecule has 0 saturated heterocycles. The molecule has 5 aliphatic carbocycles. The van der Waals surface area contributed by atoms with Gasteiger partial charge in [-0.2, -0.15) is 0 Å². The molecule has 5 fully saturated rings. The van der Waals surface area contributed by atoms with Crippen LogP contribution in [0.4, 0.5) is 0 Å². The fraction of sp³-hybridized carbons (Fsp3) is 1.00. The summed E-state index contributed by atoms with van der Waals surface area (Å²) < 4.78 is 0. The summed E-state index contributed by atoms with van der Waals surface area (Å²) in [4.78, 5) is 0. The number of hydrogen-bond donors (Lipinski definition) is 1. The second kappa shape index (κ2) is 10.7. The molecular formula is C28H60O2. The summed E-state index contributed by atoms with van der Waals surface area (Å²) in [6.07, 6.45) is 15.6. The Kier molecular flexibility index (Phi) is 9.33. The second-order valence-corrected chi connectivity index (χ2v) is 11.5. The highest BCUT2D eigenvalue weighted by Crippen LogP contribution is 2.76. The Morgan fingerprint density at radius 3 is 2.17 bits per heavy atom. The van der Waals surface area contributed by atoms with Gasteiger partial charge in [0.05, 0.1) is 0 Å². The SMILES string of the molecule is CC.CC[C@H]1CC[C@@H]2C3CC[C@@]4(C)C(C5CC5C4[C@H](C)CC)[C@@H]3CC[C@@H]2C1.CO.O.[HH].[HH].[HH]. The number of rotatable bonds is 3. The van der Waals surface area contributed by atoms with Crippen LogP contribution in [0, 0.1) is 64.6 Å². The molecule has 2 heteroatoms. The third-order valence-electron chi connectivity index (χ3n) is 10.8. The van der Waals surface area contributed by atoms with Crippen LogP contribution >= 0.6 is 0 Å². The molecule has 5 saturated carbocycles. The Morgan fingerprint density at radius 1 is 0.867 bits per heavy atom. The smallest absolute Gasteiger partial charge is 0.0319 e. The summed E-state index contributed by atoms with van der Waals surface area (Å²) in [5.74, 6) is 11.0. The lowest BCUT2D eigenvalue weighted by atomic mass is 9.47. The Labute approximate surface area is 192 Å². The largest absolute Gasteiger partial charge is 0.412 e. The van der Waals surface area contributed by atoms with E-state index in [4.69, 9.17) is 5.11 Å². The minimum absolute atomic E-state index is 0. The highest BCUT2D eigenvalue weighted by atomic mass is 16.2. The van der Waals surface area contributed by atoms with E-state index in [0.29, 0.717) is 0 Å². The fourth-order valence-corrected chi connectivity index (χ4v) is 9.67. The van der Waals surface area contributed by atoms with Gasteiger partial charge in [-0.3, -0.25) is 0 Å². The normalized spacial score (nSPS) is 48.6. The van der Waals surface area contributed by atoms with Gasteiger partial charge < -0.3 is 10.6 Å². The van der Waals surface area contributed by atoms with E-state index >= 15 is 0 Å². The maximum atomic E-state index is 7.00. The zero-order valence-electron chi connectivity index (χ0n) is 21.3.